The van der Waals surface area contributed by atoms with Crippen LogP contribution >= 0.6 is 0 Å². The van der Waals surface area contributed by atoms with Crippen molar-refractivity contribution in [1.29, 1.82) is 0 Å². The molecule has 0 aliphatic carbocycles. The Bertz CT molecular complexity index is 260. The van der Waals surface area contributed by atoms with E-state index < -0.39 is 0 Å². The van der Waals surface area contributed by atoms with E-state index in [1.54, 1.807) is 0 Å². The van der Waals surface area contributed by atoms with Crippen molar-refractivity contribution in [1.82, 2.24) is 0 Å². The molecule has 0 saturated heterocycles. The Morgan fingerprint density at radius 2 is 0.516 bits per heavy atom. The molecule has 0 atom stereocenters. The molecule has 0 fully saturated rings. The molecule has 188 valence electrons. The molecule has 0 heterocycles. The first-order valence-corrected chi connectivity index (χ1v) is 15.0. The second-order valence-corrected chi connectivity index (χ2v) is 10.0. The lowest BCUT2D eigenvalue weighted by Crippen LogP contribution is -1.92. The number of ether oxygens (including phenoxy) is 1. The molecule has 1 nitrogen and oxygen atoms in total. The summed E-state index contributed by atoms with van der Waals surface area (Å²) in [5, 5.41) is 0. The molecule has 0 rings (SSSR count). The standard InChI is InChI=1S/C30H62O/c1-3-5-6-7-8-9-10-11-12-13-14-15-16-17-18-19-20-21-22-23-24-25-26-27-28-29-30-31-4-2/h3-30H2,1-2H3. The van der Waals surface area contributed by atoms with Crippen LogP contribution in [0.1, 0.15) is 181 Å². The van der Waals surface area contributed by atoms with Crippen molar-refractivity contribution < 1.29 is 4.74 Å². The van der Waals surface area contributed by atoms with Crippen molar-refractivity contribution >= 4 is 0 Å². The molecule has 0 aliphatic rings. The molecule has 0 aromatic rings. The highest BCUT2D eigenvalue weighted by molar-refractivity contribution is 4.52. The van der Waals surface area contributed by atoms with Crippen molar-refractivity contribution in [2.45, 2.75) is 181 Å². The lowest BCUT2D eigenvalue weighted by Gasteiger charge is -2.04. The highest BCUT2D eigenvalue weighted by Crippen LogP contribution is 2.15. The molecule has 0 aromatic carbocycles. The van der Waals surface area contributed by atoms with E-state index in [4.69, 9.17) is 4.74 Å². The molecule has 0 radical (unpaired) electrons. The fourth-order valence-corrected chi connectivity index (χ4v) is 4.66. The van der Waals surface area contributed by atoms with E-state index in [2.05, 4.69) is 13.8 Å². The summed E-state index contributed by atoms with van der Waals surface area (Å²) in [5.74, 6) is 0. The topological polar surface area (TPSA) is 9.23 Å². The van der Waals surface area contributed by atoms with Gasteiger partial charge < -0.3 is 4.74 Å². The molecule has 0 saturated carbocycles. The van der Waals surface area contributed by atoms with Gasteiger partial charge in [-0.3, -0.25) is 0 Å². The first-order valence-electron chi connectivity index (χ1n) is 15.0. The largest absolute Gasteiger partial charge is 0.382 e. The van der Waals surface area contributed by atoms with Crippen LogP contribution in [0, 0.1) is 0 Å². The molecule has 0 bridgehead atoms. The predicted octanol–water partition coefficient (Wildman–Crippen LogP) is 11.2. The predicted molar refractivity (Wildman–Crippen MR) is 142 cm³/mol. The minimum atomic E-state index is 0.874. The quantitative estimate of drug-likeness (QED) is 0.110. The van der Waals surface area contributed by atoms with Crippen LogP contribution in [0.5, 0.6) is 0 Å². The maximum absolute atomic E-state index is 5.39. The number of rotatable bonds is 28. The third kappa shape index (κ3) is 30.0. The van der Waals surface area contributed by atoms with E-state index in [0.29, 0.717) is 0 Å². The summed E-state index contributed by atoms with van der Waals surface area (Å²) in [6.07, 6.45) is 37.9. The van der Waals surface area contributed by atoms with Crippen molar-refractivity contribution in [2.75, 3.05) is 13.2 Å². The fraction of sp³-hybridized carbons (Fsp3) is 1.00. The van der Waals surface area contributed by atoms with Gasteiger partial charge in [-0.1, -0.05) is 167 Å². The average Bonchev–Trinajstić information content (AvgIpc) is 2.78. The first kappa shape index (κ1) is 31.0. The van der Waals surface area contributed by atoms with Gasteiger partial charge in [-0.25, -0.2) is 0 Å². The Labute approximate surface area is 198 Å². The zero-order chi connectivity index (χ0) is 22.5. The van der Waals surface area contributed by atoms with Gasteiger partial charge in [-0.2, -0.15) is 0 Å². The van der Waals surface area contributed by atoms with Gasteiger partial charge in [0.2, 0.25) is 0 Å². The highest BCUT2D eigenvalue weighted by Gasteiger charge is 1.96. The summed E-state index contributed by atoms with van der Waals surface area (Å²) < 4.78 is 5.39. The van der Waals surface area contributed by atoms with Crippen LogP contribution in [0.4, 0.5) is 0 Å². The Morgan fingerprint density at radius 1 is 0.290 bits per heavy atom. The van der Waals surface area contributed by atoms with E-state index in [1.807, 2.05) is 0 Å². The van der Waals surface area contributed by atoms with Gasteiger partial charge >= 0.3 is 0 Å². The molecule has 0 aromatic heterocycles. The van der Waals surface area contributed by atoms with E-state index in [9.17, 15) is 0 Å². The molecular weight excluding hydrogens is 376 g/mol. The Balaban J connectivity index is 2.98. The van der Waals surface area contributed by atoms with Crippen LogP contribution < -0.4 is 0 Å². The highest BCUT2D eigenvalue weighted by atomic mass is 16.5. The van der Waals surface area contributed by atoms with E-state index in [-0.39, 0.29) is 0 Å². The molecule has 0 N–H and O–H groups in total. The van der Waals surface area contributed by atoms with Gasteiger partial charge in [-0.05, 0) is 13.3 Å². The van der Waals surface area contributed by atoms with Gasteiger partial charge in [0.25, 0.3) is 0 Å². The third-order valence-corrected chi connectivity index (χ3v) is 6.85. The minimum Gasteiger partial charge on any atom is -0.382 e. The summed E-state index contributed by atoms with van der Waals surface area (Å²) in [6.45, 7) is 6.23. The first-order chi connectivity index (χ1) is 15.4. The maximum atomic E-state index is 5.39. The lowest BCUT2D eigenvalue weighted by molar-refractivity contribution is 0.143. The van der Waals surface area contributed by atoms with Crippen LogP contribution in [0.2, 0.25) is 0 Å². The molecule has 1 heteroatoms. The molecule has 0 unspecified atom stereocenters. The van der Waals surface area contributed by atoms with Crippen molar-refractivity contribution in [3.63, 3.8) is 0 Å². The normalized spacial score (nSPS) is 11.4. The Hall–Kier alpha value is -0.0400. The van der Waals surface area contributed by atoms with Crippen molar-refractivity contribution in [3.05, 3.63) is 0 Å². The molecular formula is C30H62O. The second-order valence-electron chi connectivity index (χ2n) is 10.0. The number of unbranched alkanes of at least 4 members (excludes halogenated alkanes) is 25. The summed E-state index contributed by atoms with van der Waals surface area (Å²) in [7, 11) is 0. The van der Waals surface area contributed by atoms with E-state index >= 15 is 0 Å². The summed E-state index contributed by atoms with van der Waals surface area (Å²) in [4.78, 5) is 0. The maximum Gasteiger partial charge on any atom is 0.0465 e. The van der Waals surface area contributed by atoms with Crippen LogP contribution in [0.3, 0.4) is 0 Å². The van der Waals surface area contributed by atoms with Gasteiger partial charge in [0.1, 0.15) is 0 Å². The molecule has 0 amide bonds. The number of hydrogen-bond donors (Lipinski definition) is 0. The van der Waals surface area contributed by atoms with Crippen molar-refractivity contribution in [3.8, 4) is 0 Å². The van der Waals surface area contributed by atoms with Crippen molar-refractivity contribution in [2.24, 2.45) is 0 Å². The fourth-order valence-electron chi connectivity index (χ4n) is 4.66. The van der Waals surface area contributed by atoms with E-state index in [1.165, 1.54) is 167 Å². The molecule has 31 heavy (non-hydrogen) atoms. The van der Waals surface area contributed by atoms with Gasteiger partial charge in [-0.15, -0.1) is 0 Å². The Kier molecular flexibility index (Phi) is 29.9. The molecule has 0 aliphatic heterocycles. The van der Waals surface area contributed by atoms with Gasteiger partial charge in [0, 0.05) is 13.2 Å². The zero-order valence-corrected chi connectivity index (χ0v) is 22.2. The number of hydrogen-bond acceptors (Lipinski definition) is 1. The second kappa shape index (κ2) is 30.0. The van der Waals surface area contributed by atoms with E-state index in [0.717, 1.165) is 13.2 Å². The summed E-state index contributed by atoms with van der Waals surface area (Å²) in [6, 6.07) is 0. The van der Waals surface area contributed by atoms with Crippen LogP contribution in [0.15, 0.2) is 0 Å². The zero-order valence-electron chi connectivity index (χ0n) is 22.2. The minimum absolute atomic E-state index is 0.874. The lowest BCUT2D eigenvalue weighted by atomic mass is 10.0. The van der Waals surface area contributed by atoms with Crippen LogP contribution in [0.25, 0.3) is 0 Å². The molecule has 0 spiro atoms. The van der Waals surface area contributed by atoms with Gasteiger partial charge in [0.05, 0.1) is 0 Å². The summed E-state index contributed by atoms with van der Waals surface area (Å²) >= 11 is 0. The monoisotopic (exact) mass is 438 g/mol. The van der Waals surface area contributed by atoms with Gasteiger partial charge in [0.15, 0.2) is 0 Å². The average molecular weight is 439 g/mol. The SMILES string of the molecule is CCCCCCCCCCCCCCCCCCCCCCCCCCCCOCC. The smallest absolute Gasteiger partial charge is 0.0465 e. The third-order valence-electron chi connectivity index (χ3n) is 6.85. The Morgan fingerprint density at radius 3 is 0.742 bits per heavy atom. The van der Waals surface area contributed by atoms with Crippen LogP contribution in [-0.4, -0.2) is 13.2 Å². The van der Waals surface area contributed by atoms with Crippen LogP contribution in [-0.2, 0) is 4.74 Å². The summed E-state index contributed by atoms with van der Waals surface area (Å²) in [5.41, 5.74) is 0.